The summed E-state index contributed by atoms with van der Waals surface area (Å²) >= 11 is 5.75. The van der Waals surface area contributed by atoms with Crippen molar-refractivity contribution in [3.63, 3.8) is 0 Å². The van der Waals surface area contributed by atoms with Gasteiger partial charge in [0, 0.05) is 0 Å². The lowest BCUT2D eigenvalue weighted by atomic mass is 10.1. The van der Waals surface area contributed by atoms with Crippen molar-refractivity contribution < 1.29 is 14.3 Å². The summed E-state index contributed by atoms with van der Waals surface area (Å²) < 4.78 is 13.3. The van der Waals surface area contributed by atoms with Crippen molar-refractivity contribution >= 4 is 23.3 Å². The summed E-state index contributed by atoms with van der Waals surface area (Å²) in [6.07, 6.45) is 0. The molecule has 0 atom stereocenters. The molecule has 6 heteroatoms. The third-order valence-electron chi connectivity index (χ3n) is 2.05. The fourth-order valence-corrected chi connectivity index (χ4v) is 1.32. The van der Waals surface area contributed by atoms with Gasteiger partial charge in [-0.15, -0.1) is 0 Å². The highest BCUT2D eigenvalue weighted by atomic mass is 35.5. The van der Waals surface area contributed by atoms with E-state index in [1.807, 2.05) is 0 Å². The van der Waals surface area contributed by atoms with Gasteiger partial charge >= 0.3 is 6.03 Å². The van der Waals surface area contributed by atoms with E-state index >= 15 is 0 Å². The highest BCUT2D eigenvalue weighted by Crippen LogP contribution is 2.24. The number of urea groups is 1. The van der Waals surface area contributed by atoms with Crippen LogP contribution in [0.3, 0.4) is 0 Å². The van der Waals surface area contributed by atoms with Gasteiger partial charge in [0.1, 0.15) is 5.82 Å². The van der Waals surface area contributed by atoms with Gasteiger partial charge in [-0.3, -0.25) is 0 Å². The molecule has 94 valence electrons. The molecule has 0 unspecified atom stereocenters. The standard InChI is InChI=1S/C11H14ClFN2O2/c1-11(2,6-16)15-10(17)14-9-7(12)4-3-5-8(9)13/h3-5,16H,6H2,1-2H3,(H2,14,15,17). The number of aliphatic hydroxyl groups is 1. The Kier molecular flexibility index (Phi) is 4.31. The Labute approximate surface area is 104 Å². The van der Waals surface area contributed by atoms with Crippen LogP contribution in [0.4, 0.5) is 14.9 Å². The monoisotopic (exact) mass is 260 g/mol. The summed E-state index contributed by atoms with van der Waals surface area (Å²) in [4.78, 5) is 11.5. The first-order valence-electron chi connectivity index (χ1n) is 5.00. The van der Waals surface area contributed by atoms with Crippen LogP contribution in [0.25, 0.3) is 0 Å². The Morgan fingerprint density at radius 2 is 2.18 bits per heavy atom. The molecule has 0 radical (unpaired) electrons. The van der Waals surface area contributed by atoms with Crippen LogP contribution in [0.2, 0.25) is 5.02 Å². The Morgan fingerprint density at radius 1 is 1.53 bits per heavy atom. The van der Waals surface area contributed by atoms with E-state index in [2.05, 4.69) is 10.6 Å². The molecule has 4 nitrogen and oxygen atoms in total. The molecule has 0 aliphatic heterocycles. The number of hydrogen-bond acceptors (Lipinski definition) is 2. The lowest BCUT2D eigenvalue weighted by Crippen LogP contribution is -2.48. The zero-order valence-electron chi connectivity index (χ0n) is 9.55. The maximum atomic E-state index is 13.3. The third kappa shape index (κ3) is 3.87. The molecule has 1 aromatic rings. The van der Waals surface area contributed by atoms with Gasteiger partial charge in [0.05, 0.1) is 22.9 Å². The minimum absolute atomic E-state index is 0.0830. The number of nitrogens with one attached hydrogen (secondary N) is 2. The lowest BCUT2D eigenvalue weighted by Gasteiger charge is -2.23. The van der Waals surface area contributed by atoms with E-state index in [1.165, 1.54) is 18.2 Å². The van der Waals surface area contributed by atoms with E-state index in [1.54, 1.807) is 13.8 Å². The van der Waals surface area contributed by atoms with Crippen molar-refractivity contribution in [2.45, 2.75) is 19.4 Å². The average Bonchev–Trinajstić information content (AvgIpc) is 2.23. The van der Waals surface area contributed by atoms with E-state index in [4.69, 9.17) is 16.7 Å². The molecule has 0 spiro atoms. The molecular weight excluding hydrogens is 247 g/mol. The topological polar surface area (TPSA) is 61.4 Å². The molecule has 0 saturated carbocycles. The molecule has 3 N–H and O–H groups in total. The summed E-state index contributed by atoms with van der Waals surface area (Å²) in [5.74, 6) is -0.616. The second kappa shape index (κ2) is 5.33. The summed E-state index contributed by atoms with van der Waals surface area (Å²) in [7, 11) is 0. The van der Waals surface area contributed by atoms with Crippen molar-refractivity contribution in [3.8, 4) is 0 Å². The van der Waals surface area contributed by atoms with Gasteiger partial charge in [-0.1, -0.05) is 17.7 Å². The van der Waals surface area contributed by atoms with E-state index in [0.717, 1.165) is 0 Å². The molecule has 0 saturated heterocycles. The number of anilines is 1. The molecule has 1 rings (SSSR count). The van der Waals surface area contributed by atoms with Gasteiger partial charge in [-0.2, -0.15) is 0 Å². The number of halogens is 2. The molecule has 0 heterocycles. The maximum Gasteiger partial charge on any atom is 0.319 e. The van der Waals surface area contributed by atoms with E-state index in [-0.39, 0.29) is 17.3 Å². The Balaban J connectivity index is 2.75. The molecule has 0 aromatic heterocycles. The van der Waals surface area contributed by atoms with Crippen LogP contribution >= 0.6 is 11.6 Å². The molecule has 0 fully saturated rings. The predicted octanol–water partition coefficient (Wildman–Crippen LogP) is 2.37. The van der Waals surface area contributed by atoms with Crippen LogP contribution in [0, 0.1) is 5.82 Å². The van der Waals surface area contributed by atoms with Crippen molar-refractivity contribution in [2.24, 2.45) is 0 Å². The number of aliphatic hydroxyl groups excluding tert-OH is 1. The molecule has 0 aliphatic carbocycles. The van der Waals surface area contributed by atoms with Gasteiger partial charge in [0.2, 0.25) is 0 Å². The Bertz CT molecular complexity index is 404. The molecule has 0 bridgehead atoms. The van der Waals surface area contributed by atoms with E-state index in [9.17, 15) is 9.18 Å². The van der Waals surface area contributed by atoms with Crippen LogP contribution in [-0.4, -0.2) is 23.3 Å². The summed E-state index contributed by atoms with van der Waals surface area (Å²) in [6, 6.07) is 3.48. The zero-order chi connectivity index (χ0) is 13.1. The molecular formula is C11H14ClFN2O2. The van der Waals surface area contributed by atoms with Gasteiger partial charge in [0.25, 0.3) is 0 Å². The van der Waals surface area contributed by atoms with Crippen LogP contribution in [0.15, 0.2) is 18.2 Å². The number of carbonyl (C=O) groups is 1. The highest BCUT2D eigenvalue weighted by Gasteiger charge is 2.20. The number of rotatable bonds is 3. The zero-order valence-corrected chi connectivity index (χ0v) is 10.3. The van der Waals surface area contributed by atoms with Crippen LogP contribution in [-0.2, 0) is 0 Å². The summed E-state index contributed by atoms with van der Waals surface area (Å²) in [5, 5.41) is 13.9. The number of hydrogen-bond donors (Lipinski definition) is 3. The van der Waals surface area contributed by atoms with Crippen molar-refractivity contribution in [3.05, 3.63) is 29.0 Å². The second-order valence-electron chi connectivity index (χ2n) is 4.22. The number of carbonyl (C=O) groups excluding carboxylic acids is 1. The highest BCUT2D eigenvalue weighted by molar-refractivity contribution is 6.33. The quantitative estimate of drug-likeness (QED) is 0.781. The predicted molar refractivity (Wildman–Crippen MR) is 64.7 cm³/mol. The maximum absolute atomic E-state index is 13.3. The first-order valence-corrected chi connectivity index (χ1v) is 5.37. The van der Waals surface area contributed by atoms with Crippen molar-refractivity contribution in [1.82, 2.24) is 5.32 Å². The third-order valence-corrected chi connectivity index (χ3v) is 2.36. The summed E-state index contributed by atoms with van der Waals surface area (Å²) in [6.45, 7) is 3.04. The number of amides is 2. The van der Waals surface area contributed by atoms with Crippen LogP contribution < -0.4 is 10.6 Å². The van der Waals surface area contributed by atoms with Crippen LogP contribution in [0.5, 0.6) is 0 Å². The normalized spacial score (nSPS) is 11.1. The van der Waals surface area contributed by atoms with Crippen molar-refractivity contribution in [2.75, 3.05) is 11.9 Å². The molecule has 2 amide bonds. The van der Waals surface area contributed by atoms with Gasteiger partial charge < -0.3 is 15.7 Å². The summed E-state index contributed by atoms with van der Waals surface area (Å²) in [5.41, 5.74) is -0.873. The van der Waals surface area contributed by atoms with Gasteiger partial charge in [-0.05, 0) is 26.0 Å². The van der Waals surface area contributed by atoms with Crippen LogP contribution in [0.1, 0.15) is 13.8 Å². The first-order chi connectivity index (χ1) is 7.85. The minimum atomic E-state index is -0.790. The van der Waals surface area contributed by atoms with Crippen molar-refractivity contribution in [1.29, 1.82) is 0 Å². The largest absolute Gasteiger partial charge is 0.394 e. The van der Waals surface area contributed by atoms with E-state index in [0.29, 0.717) is 0 Å². The smallest absolute Gasteiger partial charge is 0.319 e. The fourth-order valence-electron chi connectivity index (χ4n) is 1.11. The average molecular weight is 261 g/mol. The van der Waals surface area contributed by atoms with E-state index < -0.39 is 17.4 Å². The lowest BCUT2D eigenvalue weighted by molar-refractivity contribution is 0.187. The van der Waals surface area contributed by atoms with Gasteiger partial charge in [0.15, 0.2) is 0 Å². The number of para-hydroxylation sites is 1. The minimum Gasteiger partial charge on any atom is -0.394 e. The molecule has 1 aromatic carbocycles. The Morgan fingerprint density at radius 3 is 2.71 bits per heavy atom. The fraction of sp³-hybridized carbons (Fsp3) is 0.364. The Hall–Kier alpha value is -1.33. The van der Waals surface area contributed by atoms with Gasteiger partial charge in [-0.25, -0.2) is 9.18 Å². The first kappa shape index (κ1) is 13.7. The number of benzene rings is 1. The second-order valence-corrected chi connectivity index (χ2v) is 4.62. The molecule has 0 aliphatic rings. The molecule has 17 heavy (non-hydrogen) atoms. The SMILES string of the molecule is CC(C)(CO)NC(=O)Nc1c(F)cccc1Cl.